The van der Waals surface area contributed by atoms with Crippen molar-refractivity contribution in [2.24, 2.45) is 5.92 Å². The molecule has 2 amide bonds. The molecule has 136 valence electrons. The quantitative estimate of drug-likeness (QED) is 0.891. The van der Waals surface area contributed by atoms with E-state index in [2.05, 4.69) is 29.1 Å². The molecule has 2 aliphatic heterocycles. The summed E-state index contributed by atoms with van der Waals surface area (Å²) in [6.07, 6.45) is 6.09. The number of hydrogen-bond acceptors (Lipinski definition) is 3. The second-order valence-electron chi connectivity index (χ2n) is 7.71. The highest BCUT2D eigenvalue weighted by atomic mass is 16.2. The number of fused-ring (bicyclic) bond motifs is 2. The monoisotopic (exact) mass is 350 g/mol. The molecule has 26 heavy (non-hydrogen) atoms. The Morgan fingerprint density at radius 1 is 1.23 bits per heavy atom. The number of hydrogen-bond donors (Lipinski definition) is 1. The molecule has 2 atom stereocenters. The first kappa shape index (κ1) is 17.0. The van der Waals surface area contributed by atoms with Crippen LogP contribution in [0.3, 0.4) is 0 Å². The number of aromatic nitrogens is 2. The largest absolute Gasteiger partial charge is 0.322 e. The number of anilines is 1. The van der Waals surface area contributed by atoms with Crippen molar-refractivity contribution in [3.63, 3.8) is 0 Å². The van der Waals surface area contributed by atoms with Crippen molar-refractivity contribution in [1.29, 1.82) is 0 Å². The fourth-order valence-electron chi connectivity index (χ4n) is 4.33. The summed E-state index contributed by atoms with van der Waals surface area (Å²) < 4.78 is 0. The van der Waals surface area contributed by atoms with E-state index in [0.29, 0.717) is 17.9 Å². The van der Waals surface area contributed by atoms with Crippen LogP contribution in [0.2, 0.25) is 0 Å². The Labute approximate surface area is 154 Å². The first-order valence-electron chi connectivity index (χ1n) is 9.57. The van der Waals surface area contributed by atoms with Gasteiger partial charge in [0.15, 0.2) is 5.82 Å². The summed E-state index contributed by atoms with van der Waals surface area (Å²) in [6, 6.07) is 8.76. The summed E-state index contributed by atoms with van der Waals surface area (Å²) in [5.74, 6) is 1.45. The van der Waals surface area contributed by atoms with Gasteiger partial charge in [-0.3, -0.25) is 0 Å². The second kappa shape index (κ2) is 6.71. The number of benzene rings is 1. The molecule has 2 saturated heterocycles. The number of piperidine rings is 1. The second-order valence-corrected chi connectivity index (χ2v) is 7.71. The Kier molecular flexibility index (Phi) is 4.39. The number of carbonyl (C=O) groups is 1. The average molecular weight is 350 g/mol. The molecule has 5 heteroatoms. The molecule has 0 radical (unpaired) electrons. The highest BCUT2D eigenvalue weighted by Crippen LogP contribution is 2.41. The van der Waals surface area contributed by atoms with Crippen LogP contribution >= 0.6 is 0 Å². The van der Waals surface area contributed by atoms with Gasteiger partial charge in [-0.25, -0.2) is 14.8 Å². The molecular weight excluding hydrogens is 324 g/mol. The number of urea groups is 1. The van der Waals surface area contributed by atoms with Crippen molar-refractivity contribution in [3.05, 3.63) is 41.7 Å². The fourth-order valence-corrected chi connectivity index (χ4v) is 4.33. The number of rotatable bonds is 3. The molecule has 2 unspecified atom stereocenters. The maximum absolute atomic E-state index is 12.7. The molecule has 2 aliphatic rings. The number of nitrogens with zero attached hydrogens (tertiary/aromatic N) is 3. The molecule has 2 fully saturated rings. The molecular formula is C21H26N4O. The molecule has 0 aliphatic carbocycles. The van der Waals surface area contributed by atoms with Gasteiger partial charge in [0.25, 0.3) is 0 Å². The first-order valence-corrected chi connectivity index (χ1v) is 9.57. The molecule has 2 bridgehead atoms. The lowest BCUT2D eigenvalue weighted by molar-refractivity contribution is -0.00600. The molecule has 1 aromatic carbocycles. The Bertz CT molecular complexity index is 823. The van der Waals surface area contributed by atoms with Crippen LogP contribution in [-0.4, -0.2) is 33.0 Å². The lowest BCUT2D eigenvalue weighted by Gasteiger charge is -2.54. The summed E-state index contributed by atoms with van der Waals surface area (Å²) in [5.41, 5.74) is 3.90. The van der Waals surface area contributed by atoms with Crippen LogP contribution < -0.4 is 5.32 Å². The van der Waals surface area contributed by atoms with Gasteiger partial charge >= 0.3 is 6.03 Å². The molecule has 2 aromatic rings. The predicted octanol–water partition coefficient (Wildman–Crippen LogP) is 4.42. The highest BCUT2D eigenvalue weighted by Gasteiger charge is 2.46. The van der Waals surface area contributed by atoms with Gasteiger partial charge in [0, 0.05) is 35.2 Å². The third kappa shape index (κ3) is 3.06. The molecule has 0 spiro atoms. The van der Waals surface area contributed by atoms with Crippen LogP contribution in [0.15, 0.2) is 30.5 Å². The molecule has 1 N–H and O–H groups in total. The number of carbonyl (C=O) groups excluding carboxylic acids is 1. The van der Waals surface area contributed by atoms with Crippen molar-refractivity contribution in [1.82, 2.24) is 14.9 Å². The zero-order valence-corrected chi connectivity index (χ0v) is 15.7. The first-order chi connectivity index (χ1) is 12.5. The van der Waals surface area contributed by atoms with Crippen molar-refractivity contribution < 1.29 is 4.79 Å². The molecule has 3 heterocycles. The summed E-state index contributed by atoms with van der Waals surface area (Å²) in [6.45, 7) is 6.41. The van der Waals surface area contributed by atoms with E-state index < -0.39 is 0 Å². The molecule has 4 rings (SSSR count). The molecule has 1 aromatic heterocycles. The van der Waals surface area contributed by atoms with E-state index in [9.17, 15) is 4.79 Å². The van der Waals surface area contributed by atoms with Crippen LogP contribution in [0.4, 0.5) is 10.5 Å². The Morgan fingerprint density at radius 3 is 2.73 bits per heavy atom. The van der Waals surface area contributed by atoms with Crippen LogP contribution in [0, 0.1) is 12.8 Å². The average Bonchev–Trinajstić information content (AvgIpc) is 2.63. The summed E-state index contributed by atoms with van der Waals surface area (Å²) >= 11 is 0. The van der Waals surface area contributed by atoms with Crippen LogP contribution in [0.25, 0.3) is 11.4 Å². The minimum absolute atomic E-state index is 0.0242. The minimum Gasteiger partial charge on any atom is -0.318 e. The van der Waals surface area contributed by atoms with E-state index >= 15 is 0 Å². The van der Waals surface area contributed by atoms with E-state index in [4.69, 9.17) is 0 Å². The summed E-state index contributed by atoms with van der Waals surface area (Å²) in [7, 11) is 0. The van der Waals surface area contributed by atoms with E-state index in [1.165, 1.54) is 0 Å². The zero-order valence-electron chi connectivity index (χ0n) is 15.7. The summed E-state index contributed by atoms with van der Waals surface area (Å²) in [5, 5.41) is 3.08. The lowest BCUT2D eigenvalue weighted by atomic mass is 9.74. The van der Waals surface area contributed by atoms with Crippen molar-refractivity contribution in [3.8, 4) is 11.4 Å². The summed E-state index contributed by atoms with van der Waals surface area (Å²) in [4.78, 5) is 23.8. The standard InChI is InChI=1S/C21H26N4O/c1-4-15-7-8-22-20(23-15)19-11-16(6-5-14(19)3)24-21(26)25-17-9-13(2)10-18(25)12-17/h5-8,11,13,17-18H,4,9-10,12H2,1-3H3,(H,24,26). The minimum atomic E-state index is 0.0242. The van der Waals surface area contributed by atoms with E-state index in [1.54, 1.807) is 6.20 Å². The molecule has 0 saturated carbocycles. The fraction of sp³-hybridized carbons (Fsp3) is 0.476. The van der Waals surface area contributed by atoms with Crippen molar-refractivity contribution in [2.75, 3.05) is 5.32 Å². The predicted molar refractivity (Wildman–Crippen MR) is 103 cm³/mol. The Morgan fingerprint density at radius 2 is 2.00 bits per heavy atom. The Balaban J connectivity index is 1.54. The number of nitrogens with one attached hydrogen (secondary N) is 1. The van der Waals surface area contributed by atoms with E-state index in [1.807, 2.05) is 36.1 Å². The third-order valence-corrected chi connectivity index (χ3v) is 5.72. The van der Waals surface area contributed by atoms with Crippen LogP contribution in [-0.2, 0) is 6.42 Å². The van der Waals surface area contributed by atoms with E-state index in [0.717, 1.165) is 54.1 Å². The topological polar surface area (TPSA) is 58.1 Å². The van der Waals surface area contributed by atoms with Crippen LogP contribution in [0.5, 0.6) is 0 Å². The normalized spacial score (nSPS) is 24.1. The van der Waals surface area contributed by atoms with Gasteiger partial charge in [-0.15, -0.1) is 0 Å². The van der Waals surface area contributed by atoms with Gasteiger partial charge in [-0.05, 0) is 62.3 Å². The Hall–Kier alpha value is -2.43. The van der Waals surface area contributed by atoms with Gasteiger partial charge in [0.05, 0.1) is 0 Å². The third-order valence-electron chi connectivity index (χ3n) is 5.72. The maximum atomic E-state index is 12.7. The lowest BCUT2D eigenvalue weighted by Crippen LogP contribution is -2.63. The smallest absolute Gasteiger partial charge is 0.318 e. The van der Waals surface area contributed by atoms with Crippen LogP contribution in [0.1, 0.15) is 44.4 Å². The van der Waals surface area contributed by atoms with Gasteiger partial charge in [0.1, 0.15) is 0 Å². The van der Waals surface area contributed by atoms with Gasteiger partial charge in [-0.2, -0.15) is 0 Å². The number of aryl methyl sites for hydroxylation is 2. The maximum Gasteiger partial charge on any atom is 0.322 e. The van der Waals surface area contributed by atoms with Gasteiger partial charge < -0.3 is 10.2 Å². The zero-order chi connectivity index (χ0) is 18.3. The van der Waals surface area contributed by atoms with Crippen molar-refractivity contribution >= 4 is 11.7 Å². The van der Waals surface area contributed by atoms with Gasteiger partial charge in [-0.1, -0.05) is 19.9 Å². The SMILES string of the molecule is CCc1ccnc(-c2cc(NC(=O)N3C4CC(C)CC3C4)ccc2C)n1. The van der Waals surface area contributed by atoms with Gasteiger partial charge in [0.2, 0.25) is 0 Å². The van der Waals surface area contributed by atoms with E-state index in [-0.39, 0.29) is 6.03 Å². The number of amides is 2. The highest BCUT2D eigenvalue weighted by molar-refractivity contribution is 5.91. The van der Waals surface area contributed by atoms with Crippen molar-refractivity contribution in [2.45, 2.75) is 58.5 Å². The molecule has 5 nitrogen and oxygen atoms in total.